The monoisotopic (exact) mass is 246 g/mol. The molecule has 0 aliphatic rings. The van der Waals surface area contributed by atoms with Crippen molar-refractivity contribution >= 4 is 32.3 Å². The van der Waals surface area contributed by atoms with E-state index in [0.717, 1.165) is 16.2 Å². The molecule has 0 aromatic heterocycles. The molecule has 0 N–H and O–H groups in total. The van der Waals surface area contributed by atoms with E-state index in [9.17, 15) is 4.39 Å². The van der Waals surface area contributed by atoms with Gasteiger partial charge in [-0.05, 0) is 33.0 Å². The molecular formula is C18H11F. The molecular weight excluding hydrogens is 235 g/mol. The Balaban J connectivity index is 2.39. The molecule has 0 fully saturated rings. The van der Waals surface area contributed by atoms with Crippen molar-refractivity contribution in [1.29, 1.82) is 0 Å². The highest BCUT2D eigenvalue weighted by Gasteiger charge is 2.08. The zero-order valence-electron chi connectivity index (χ0n) is 10.2. The zero-order chi connectivity index (χ0) is 12.8. The third-order valence-electron chi connectivity index (χ3n) is 3.70. The van der Waals surface area contributed by atoms with Crippen LogP contribution >= 0.6 is 0 Å². The average molecular weight is 246 g/mol. The zero-order valence-corrected chi connectivity index (χ0v) is 10.2. The Bertz CT molecular complexity index is 922. The van der Waals surface area contributed by atoms with E-state index in [-0.39, 0.29) is 5.82 Å². The molecule has 0 saturated heterocycles. The lowest BCUT2D eigenvalue weighted by Crippen LogP contribution is -1.84. The molecule has 0 saturated carbocycles. The van der Waals surface area contributed by atoms with E-state index in [1.165, 1.54) is 10.8 Å². The van der Waals surface area contributed by atoms with Crippen molar-refractivity contribution in [3.05, 3.63) is 72.5 Å². The molecule has 0 spiro atoms. The quantitative estimate of drug-likeness (QED) is 0.370. The number of benzene rings is 4. The number of hydrogen-bond acceptors (Lipinski definition) is 0. The van der Waals surface area contributed by atoms with Crippen LogP contribution in [0.5, 0.6) is 0 Å². The van der Waals surface area contributed by atoms with Gasteiger partial charge in [-0.1, -0.05) is 60.7 Å². The lowest BCUT2D eigenvalue weighted by Gasteiger charge is -2.08. The highest BCUT2D eigenvalue weighted by Crippen LogP contribution is 2.33. The minimum absolute atomic E-state index is 0.154. The summed E-state index contributed by atoms with van der Waals surface area (Å²) in [5, 5.41) is 6.12. The van der Waals surface area contributed by atoms with E-state index in [0.29, 0.717) is 5.39 Å². The summed E-state index contributed by atoms with van der Waals surface area (Å²) in [6.45, 7) is 0. The number of hydrogen-bond donors (Lipinski definition) is 0. The molecule has 0 amide bonds. The van der Waals surface area contributed by atoms with Crippen molar-refractivity contribution in [2.45, 2.75) is 0 Å². The fourth-order valence-electron chi connectivity index (χ4n) is 2.83. The molecule has 0 unspecified atom stereocenters. The summed E-state index contributed by atoms with van der Waals surface area (Å²) >= 11 is 0. The van der Waals surface area contributed by atoms with Gasteiger partial charge in [0.1, 0.15) is 5.82 Å². The largest absolute Gasteiger partial charge is 0.206 e. The summed E-state index contributed by atoms with van der Waals surface area (Å²) in [6.07, 6.45) is 0. The van der Waals surface area contributed by atoms with Crippen molar-refractivity contribution < 1.29 is 4.39 Å². The minimum atomic E-state index is -0.154. The van der Waals surface area contributed by atoms with Crippen LogP contribution in [-0.2, 0) is 0 Å². The van der Waals surface area contributed by atoms with Crippen LogP contribution < -0.4 is 0 Å². The molecule has 1 heteroatoms. The first-order valence-corrected chi connectivity index (χ1v) is 6.33. The molecule has 0 aliphatic carbocycles. The molecule has 90 valence electrons. The number of halogens is 1. The fraction of sp³-hybridized carbons (Fsp3) is 0. The summed E-state index contributed by atoms with van der Waals surface area (Å²) in [5.41, 5.74) is 0. The molecule has 0 bridgehead atoms. The van der Waals surface area contributed by atoms with Crippen LogP contribution in [-0.4, -0.2) is 0 Å². The predicted molar refractivity (Wildman–Crippen MR) is 78.9 cm³/mol. The Morgan fingerprint density at radius 2 is 1.21 bits per heavy atom. The van der Waals surface area contributed by atoms with Gasteiger partial charge in [-0.2, -0.15) is 0 Å². The van der Waals surface area contributed by atoms with Gasteiger partial charge in [0.05, 0.1) is 0 Å². The minimum Gasteiger partial charge on any atom is -0.206 e. The molecule has 0 aliphatic heterocycles. The van der Waals surface area contributed by atoms with E-state index in [2.05, 4.69) is 12.1 Å². The summed E-state index contributed by atoms with van der Waals surface area (Å²) in [6, 6.07) is 21.6. The first-order valence-electron chi connectivity index (χ1n) is 6.33. The maximum atomic E-state index is 14.1. The summed E-state index contributed by atoms with van der Waals surface area (Å²) < 4.78 is 14.1. The molecule has 0 heterocycles. The van der Waals surface area contributed by atoms with Crippen LogP contribution in [0.15, 0.2) is 66.7 Å². The summed E-state index contributed by atoms with van der Waals surface area (Å²) in [7, 11) is 0. The maximum Gasteiger partial charge on any atom is 0.131 e. The normalized spacial score (nSPS) is 11.4. The molecule has 0 radical (unpaired) electrons. The van der Waals surface area contributed by atoms with Gasteiger partial charge < -0.3 is 0 Å². The Morgan fingerprint density at radius 1 is 0.579 bits per heavy atom. The topological polar surface area (TPSA) is 0 Å². The summed E-state index contributed by atoms with van der Waals surface area (Å²) in [5.74, 6) is -0.154. The molecule has 19 heavy (non-hydrogen) atoms. The number of fused-ring (bicyclic) bond motifs is 5. The Labute approximate surface area is 110 Å². The van der Waals surface area contributed by atoms with E-state index >= 15 is 0 Å². The second-order valence-corrected chi connectivity index (χ2v) is 4.79. The third kappa shape index (κ3) is 1.45. The number of rotatable bonds is 0. The van der Waals surface area contributed by atoms with Crippen LogP contribution in [0.25, 0.3) is 32.3 Å². The van der Waals surface area contributed by atoms with Crippen molar-refractivity contribution in [3.63, 3.8) is 0 Å². The van der Waals surface area contributed by atoms with E-state index in [1.807, 2.05) is 48.5 Å². The van der Waals surface area contributed by atoms with Crippen molar-refractivity contribution in [3.8, 4) is 0 Å². The Kier molecular flexibility index (Phi) is 2.10. The first-order chi connectivity index (χ1) is 9.34. The smallest absolute Gasteiger partial charge is 0.131 e. The fourth-order valence-corrected chi connectivity index (χ4v) is 2.83. The standard InChI is InChI=1S/C18H11F/c19-17-11-13-10-9-12-5-1-2-6-14(12)18(13)16-8-4-3-7-15(16)17/h1-11H. The first kappa shape index (κ1) is 10.5. The Morgan fingerprint density at radius 3 is 2.05 bits per heavy atom. The molecule has 0 atom stereocenters. The highest BCUT2D eigenvalue weighted by molar-refractivity contribution is 6.20. The van der Waals surface area contributed by atoms with E-state index in [4.69, 9.17) is 0 Å². The van der Waals surface area contributed by atoms with Gasteiger partial charge in [0.2, 0.25) is 0 Å². The van der Waals surface area contributed by atoms with Crippen LogP contribution in [0.1, 0.15) is 0 Å². The van der Waals surface area contributed by atoms with Crippen LogP contribution in [0, 0.1) is 5.82 Å². The van der Waals surface area contributed by atoms with Crippen molar-refractivity contribution in [2.24, 2.45) is 0 Å². The molecule has 4 aromatic rings. The second-order valence-electron chi connectivity index (χ2n) is 4.79. The van der Waals surface area contributed by atoms with Gasteiger partial charge >= 0.3 is 0 Å². The van der Waals surface area contributed by atoms with E-state index < -0.39 is 0 Å². The van der Waals surface area contributed by atoms with E-state index in [1.54, 1.807) is 6.07 Å². The predicted octanol–water partition coefficient (Wildman–Crippen LogP) is 5.29. The van der Waals surface area contributed by atoms with Gasteiger partial charge in [0.15, 0.2) is 0 Å². The maximum absolute atomic E-state index is 14.1. The van der Waals surface area contributed by atoms with Gasteiger partial charge in [-0.15, -0.1) is 0 Å². The average Bonchev–Trinajstić information content (AvgIpc) is 2.47. The van der Waals surface area contributed by atoms with Gasteiger partial charge in [0.25, 0.3) is 0 Å². The summed E-state index contributed by atoms with van der Waals surface area (Å²) in [4.78, 5) is 0. The third-order valence-corrected chi connectivity index (χ3v) is 3.70. The van der Waals surface area contributed by atoms with Crippen LogP contribution in [0.2, 0.25) is 0 Å². The van der Waals surface area contributed by atoms with Gasteiger partial charge in [0, 0.05) is 5.39 Å². The van der Waals surface area contributed by atoms with Gasteiger partial charge in [-0.3, -0.25) is 0 Å². The lowest BCUT2D eigenvalue weighted by atomic mass is 9.96. The SMILES string of the molecule is Fc1cc2ccc3ccccc3c2c2ccccc12. The lowest BCUT2D eigenvalue weighted by molar-refractivity contribution is 0.641. The second kappa shape index (κ2) is 3.79. The highest BCUT2D eigenvalue weighted by atomic mass is 19.1. The molecule has 0 nitrogen and oxygen atoms in total. The van der Waals surface area contributed by atoms with Crippen LogP contribution in [0.3, 0.4) is 0 Å². The molecule has 4 rings (SSSR count). The van der Waals surface area contributed by atoms with Crippen molar-refractivity contribution in [2.75, 3.05) is 0 Å². The van der Waals surface area contributed by atoms with Crippen LogP contribution in [0.4, 0.5) is 4.39 Å². The Hall–Kier alpha value is -2.41. The van der Waals surface area contributed by atoms with Crippen molar-refractivity contribution in [1.82, 2.24) is 0 Å². The van der Waals surface area contributed by atoms with Gasteiger partial charge in [-0.25, -0.2) is 4.39 Å². The molecule has 4 aromatic carbocycles.